The van der Waals surface area contributed by atoms with Crippen LogP contribution in [0.1, 0.15) is 42.6 Å². The molecule has 2 N–H and O–H groups in total. The fourth-order valence-electron chi connectivity index (χ4n) is 3.13. The number of amides is 2. The average molecular weight is 299 g/mol. The quantitative estimate of drug-likeness (QED) is 0.900. The molecule has 0 spiro atoms. The van der Waals surface area contributed by atoms with Crippen LogP contribution in [0.4, 0.5) is 5.69 Å². The molecule has 0 radical (unpaired) electrons. The Labute approximate surface area is 130 Å². The topological polar surface area (TPSA) is 61.4 Å². The van der Waals surface area contributed by atoms with Crippen molar-refractivity contribution in [2.45, 2.75) is 45.3 Å². The van der Waals surface area contributed by atoms with Gasteiger partial charge < -0.3 is 15.5 Å². The van der Waals surface area contributed by atoms with Crippen molar-refractivity contribution in [1.29, 1.82) is 0 Å². The van der Waals surface area contributed by atoms with Crippen molar-refractivity contribution in [3.63, 3.8) is 0 Å². The molecule has 1 fully saturated rings. The van der Waals surface area contributed by atoms with Crippen LogP contribution in [0, 0.1) is 0 Å². The van der Waals surface area contributed by atoms with E-state index in [-0.39, 0.29) is 17.9 Å². The first kappa shape index (κ1) is 14.6. The number of nitrogens with one attached hydrogen (secondary N) is 2. The van der Waals surface area contributed by atoms with Gasteiger partial charge in [-0.1, -0.05) is 18.7 Å². The Hall–Kier alpha value is -2.30. The molecule has 22 heavy (non-hydrogen) atoms. The third-order valence-corrected chi connectivity index (χ3v) is 4.11. The van der Waals surface area contributed by atoms with Crippen LogP contribution in [0.3, 0.4) is 0 Å². The monoisotopic (exact) mass is 299 g/mol. The van der Waals surface area contributed by atoms with E-state index in [0.29, 0.717) is 24.9 Å². The minimum atomic E-state index is -0.405. The predicted octanol–water partition coefficient (Wildman–Crippen LogP) is 2.25. The highest BCUT2D eigenvalue weighted by Gasteiger charge is 2.39. The first-order valence-corrected chi connectivity index (χ1v) is 7.65. The zero-order chi connectivity index (χ0) is 15.9. The lowest BCUT2D eigenvalue weighted by Crippen LogP contribution is -2.49. The van der Waals surface area contributed by atoms with Crippen LogP contribution >= 0.6 is 0 Å². The fraction of sp³-hybridized carbons (Fsp3) is 0.412. The smallest absolute Gasteiger partial charge is 0.257 e. The molecule has 0 aliphatic carbocycles. The Morgan fingerprint density at radius 3 is 2.82 bits per heavy atom. The molecule has 2 heterocycles. The van der Waals surface area contributed by atoms with Crippen molar-refractivity contribution in [2.75, 3.05) is 5.32 Å². The molecular formula is C17H21N3O2. The fourth-order valence-corrected chi connectivity index (χ4v) is 3.13. The molecule has 1 aromatic carbocycles. The van der Waals surface area contributed by atoms with Gasteiger partial charge in [0, 0.05) is 24.0 Å². The highest BCUT2D eigenvalue weighted by atomic mass is 16.2. The molecule has 5 heteroatoms. The molecule has 0 bridgehead atoms. The van der Waals surface area contributed by atoms with E-state index in [9.17, 15) is 9.59 Å². The Balaban J connectivity index is 1.88. The summed E-state index contributed by atoms with van der Waals surface area (Å²) in [5.41, 5.74) is 3.26. The summed E-state index contributed by atoms with van der Waals surface area (Å²) in [5, 5.41) is 6.07. The van der Waals surface area contributed by atoms with Gasteiger partial charge in [-0.05, 0) is 38.3 Å². The third-order valence-electron chi connectivity index (χ3n) is 4.11. The van der Waals surface area contributed by atoms with E-state index >= 15 is 0 Å². The maximum absolute atomic E-state index is 12.8. The molecular weight excluding hydrogens is 278 g/mol. The van der Waals surface area contributed by atoms with Crippen molar-refractivity contribution in [2.24, 2.45) is 0 Å². The highest BCUT2D eigenvalue weighted by Crippen LogP contribution is 2.32. The first-order chi connectivity index (χ1) is 10.5. The zero-order valence-electron chi connectivity index (χ0n) is 13.0. The molecule has 3 rings (SSSR count). The number of carbonyl (C=O) groups is 2. The summed E-state index contributed by atoms with van der Waals surface area (Å²) in [6, 6.07) is 5.66. The summed E-state index contributed by atoms with van der Waals surface area (Å²) in [4.78, 5) is 26.7. The molecule has 1 atom stereocenters. The number of benzene rings is 1. The molecule has 0 saturated carbocycles. The van der Waals surface area contributed by atoms with Crippen molar-refractivity contribution < 1.29 is 9.59 Å². The van der Waals surface area contributed by atoms with Gasteiger partial charge in [0.15, 0.2) is 0 Å². The summed E-state index contributed by atoms with van der Waals surface area (Å²) in [6.07, 6.45) is 1.35. The minimum Gasteiger partial charge on any atom is -0.382 e. The van der Waals surface area contributed by atoms with Crippen LogP contribution in [0.25, 0.3) is 0 Å². The summed E-state index contributed by atoms with van der Waals surface area (Å²) in [6.45, 7) is 8.35. The number of carbonyl (C=O) groups excluding carboxylic acids is 2. The van der Waals surface area contributed by atoms with E-state index in [2.05, 4.69) is 17.2 Å². The molecule has 1 saturated heterocycles. The van der Waals surface area contributed by atoms with E-state index in [1.165, 1.54) is 0 Å². The summed E-state index contributed by atoms with van der Waals surface area (Å²) < 4.78 is 0. The molecule has 0 aromatic heterocycles. The molecule has 1 unspecified atom stereocenters. The first-order valence-electron chi connectivity index (χ1n) is 7.65. The van der Waals surface area contributed by atoms with Gasteiger partial charge >= 0.3 is 0 Å². The van der Waals surface area contributed by atoms with Gasteiger partial charge in [-0.2, -0.15) is 0 Å². The second-order valence-electron chi connectivity index (χ2n) is 6.22. The summed E-state index contributed by atoms with van der Waals surface area (Å²) in [5.74, 6) is -0.192. The largest absolute Gasteiger partial charge is 0.382 e. The van der Waals surface area contributed by atoms with Crippen LogP contribution in [0.5, 0.6) is 0 Å². The van der Waals surface area contributed by atoms with Crippen LogP contribution < -0.4 is 10.6 Å². The van der Waals surface area contributed by atoms with Crippen molar-refractivity contribution in [3.8, 4) is 0 Å². The molecule has 5 nitrogen and oxygen atoms in total. The van der Waals surface area contributed by atoms with Crippen LogP contribution in [0.2, 0.25) is 0 Å². The van der Waals surface area contributed by atoms with Crippen molar-refractivity contribution in [1.82, 2.24) is 10.2 Å². The predicted molar refractivity (Wildman–Crippen MR) is 85.4 cm³/mol. The van der Waals surface area contributed by atoms with Gasteiger partial charge in [0.2, 0.25) is 5.91 Å². The SMILES string of the molecule is C=C1CCC(N2Cc3cccc(NC(C)C)c3C2=O)C(=O)N1. The van der Waals surface area contributed by atoms with E-state index in [4.69, 9.17) is 0 Å². The second-order valence-corrected chi connectivity index (χ2v) is 6.22. The van der Waals surface area contributed by atoms with Crippen LogP contribution in [-0.2, 0) is 11.3 Å². The number of hydrogen-bond acceptors (Lipinski definition) is 3. The second kappa shape index (κ2) is 5.48. The Morgan fingerprint density at radius 1 is 1.36 bits per heavy atom. The van der Waals surface area contributed by atoms with E-state index in [1.807, 2.05) is 32.0 Å². The highest BCUT2D eigenvalue weighted by molar-refractivity contribution is 6.05. The number of hydrogen-bond donors (Lipinski definition) is 2. The lowest BCUT2D eigenvalue weighted by molar-refractivity contribution is -0.126. The van der Waals surface area contributed by atoms with E-state index in [0.717, 1.165) is 16.9 Å². The molecule has 2 amide bonds. The van der Waals surface area contributed by atoms with Gasteiger partial charge in [-0.25, -0.2) is 0 Å². The molecule has 1 aromatic rings. The lowest BCUT2D eigenvalue weighted by atomic mass is 10.0. The molecule has 2 aliphatic heterocycles. The average Bonchev–Trinajstić information content (AvgIpc) is 2.76. The Kier molecular flexibility index (Phi) is 3.64. The number of rotatable bonds is 3. The molecule has 2 aliphatic rings. The summed E-state index contributed by atoms with van der Waals surface area (Å²) in [7, 11) is 0. The summed E-state index contributed by atoms with van der Waals surface area (Å²) >= 11 is 0. The zero-order valence-corrected chi connectivity index (χ0v) is 13.0. The number of piperidine rings is 1. The third kappa shape index (κ3) is 2.47. The van der Waals surface area contributed by atoms with Gasteiger partial charge in [0.25, 0.3) is 5.91 Å². The van der Waals surface area contributed by atoms with Gasteiger partial charge in [0.05, 0.1) is 5.56 Å². The van der Waals surface area contributed by atoms with E-state index < -0.39 is 6.04 Å². The number of allylic oxidation sites excluding steroid dienone is 1. The number of nitrogens with zero attached hydrogens (tertiary/aromatic N) is 1. The number of anilines is 1. The Bertz CT molecular complexity index is 651. The standard InChI is InChI=1S/C17H21N3O2/c1-10(2)18-13-6-4-5-12-9-20(17(22)15(12)13)14-8-7-11(3)19-16(14)21/h4-6,10,14,18H,3,7-9H2,1-2H3,(H,19,21). The normalized spacial score (nSPS) is 21.1. The van der Waals surface area contributed by atoms with Crippen molar-refractivity contribution in [3.05, 3.63) is 41.6 Å². The van der Waals surface area contributed by atoms with Crippen molar-refractivity contribution >= 4 is 17.5 Å². The van der Waals surface area contributed by atoms with Gasteiger partial charge in [0.1, 0.15) is 6.04 Å². The van der Waals surface area contributed by atoms with Gasteiger partial charge in [-0.15, -0.1) is 0 Å². The lowest BCUT2D eigenvalue weighted by Gasteiger charge is -2.31. The molecule has 116 valence electrons. The van der Waals surface area contributed by atoms with Crippen LogP contribution in [0.15, 0.2) is 30.5 Å². The maximum atomic E-state index is 12.8. The van der Waals surface area contributed by atoms with Crippen LogP contribution in [-0.4, -0.2) is 28.8 Å². The maximum Gasteiger partial charge on any atom is 0.257 e. The van der Waals surface area contributed by atoms with E-state index in [1.54, 1.807) is 4.90 Å². The number of fused-ring (bicyclic) bond motifs is 1. The minimum absolute atomic E-state index is 0.0635. The Morgan fingerprint density at radius 2 is 2.14 bits per heavy atom. The van der Waals surface area contributed by atoms with Gasteiger partial charge in [-0.3, -0.25) is 9.59 Å².